The van der Waals surface area contributed by atoms with Crippen molar-refractivity contribution in [2.24, 2.45) is 0 Å². The lowest BCUT2D eigenvalue weighted by atomic mass is 10.3. The van der Waals surface area contributed by atoms with Crippen LogP contribution < -0.4 is 0 Å². The lowest BCUT2D eigenvalue weighted by Crippen LogP contribution is -1.70. The number of benzene rings is 1. The average molecular weight is 275 g/mol. The molecule has 0 unspecified atom stereocenters. The van der Waals surface area contributed by atoms with Gasteiger partial charge in [-0.2, -0.15) is 0 Å². The first-order valence-corrected chi connectivity index (χ1v) is 5.18. The minimum Gasteiger partial charge on any atom is -0.241 e. The predicted molar refractivity (Wildman–Crippen MR) is 57.1 cm³/mol. The van der Waals surface area contributed by atoms with Crippen LogP contribution in [0.5, 0.6) is 0 Å². The molecule has 1 nitrogen and oxygen atoms in total. The summed E-state index contributed by atoms with van der Waals surface area (Å²) in [7, 11) is 0. The van der Waals surface area contributed by atoms with Gasteiger partial charge in [0, 0.05) is 3.57 Å². The van der Waals surface area contributed by atoms with Crippen LogP contribution >= 0.6 is 33.9 Å². The summed E-state index contributed by atoms with van der Waals surface area (Å²) in [5, 5.41) is 1.14. The summed E-state index contributed by atoms with van der Waals surface area (Å²) in [6.45, 7) is 2.04. The van der Waals surface area contributed by atoms with E-state index in [-0.39, 0.29) is 0 Å². The standard InChI is InChI=1S/C8H6INS/c1-5-10-7-4-2-3-6(9)8(7)11-5/h2-4H,1H3. The van der Waals surface area contributed by atoms with Gasteiger partial charge in [0.2, 0.25) is 0 Å². The van der Waals surface area contributed by atoms with Crippen molar-refractivity contribution in [2.45, 2.75) is 6.92 Å². The third-order valence-electron chi connectivity index (χ3n) is 1.47. The van der Waals surface area contributed by atoms with Crippen molar-refractivity contribution in [3.8, 4) is 0 Å². The minimum atomic E-state index is 1.12. The van der Waals surface area contributed by atoms with Crippen molar-refractivity contribution in [3.05, 3.63) is 26.8 Å². The summed E-state index contributed by atoms with van der Waals surface area (Å²) < 4.78 is 2.61. The molecule has 0 aliphatic heterocycles. The Hall–Kier alpha value is -0.160. The molecule has 2 aromatic rings. The molecule has 1 aromatic carbocycles. The van der Waals surface area contributed by atoms with Crippen LogP contribution in [-0.2, 0) is 0 Å². The number of hydrogen-bond acceptors (Lipinski definition) is 2. The van der Waals surface area contributed by atoms with E-state index in [0.29, 0.717) is 0 Å². The molecule has 0 spiro atoms. The van der Waals surface area contributed by atoms with Crippen LogP contribution in [0.3, 0.4) is 0 Å². The Balaban J connectivity index is 2.90. The van der Waals surface area contributed by atoms with E-state index >= 15 is 0 Å². The quantitative estimate of drug-likeness (QED) is 0.673. The molecule has 1 heterocycles. The molecule has 0 atom stereocenters. The molecule has 0 fully saturated rings. The highest BCUT2D eigenvalue weighted by atomic mass is 127. The summed E-state index contributed by atoms with van der Waals surface area (Å²) in [6.07, 6.45) is 0. The maximum absolute atomic E-state index is 4.39. The maximum Gasteiger partial charge on any atom is 0.0908 e. The lowest BCUT2D eigenvalue weighted by molar-refractivity contribution is 1.35. The van der Waals surface area contributed by atoms with Gasteiger partial charge in [-0.25, -0.2) is 4.98 Å². The minimum absolute atomic E-state index is 1.12. The number of rotatable bonds is 0. The number of halogens is 1. The number of fused-ring (bicyclic) bond motifs is 1. The van der Waals surface area contributed by atoms with Crippen LogP contribution in [0, 0.1) is 10.5 Å². The first kappa shape index (κ1) is 7.49. The molecule has 3 heteroatoms. The summed E-state index contributed by atoms with van der Waals surface area (Å²) in [4.78, 5) is 4.39. The maximum atomic E-state index is 4.39. The molecule has 56 valence electrons. The van der Waals surface area contributed by atoms with E-state index in [9.17, 15) is 0 Å². The number of aryl methyl sites for hydroxylation is 1. The highest BCUT2D eigenvalue weighted by Crippen LogP contribution is 2.25. The zero-order valence-electron chi connectivity index (χ0n) is 5.97. The van der Waals surface area contributed by atoms with Crippen LogP contribution in [0.4, 0.5) is 0 Å². The molecule has 0 bridgehead atoms. The molecular formula is C8H6INS. The van der Waals surface area contributed by atoms with Crippen LogP contribution in [-0.4, -0.2) is 4.98 Å². The van der Waals surface area contributed by atoms with Gasteiger partial charge in [-0.15, -0.1) is 11.3 Å². The Labute approximate surface area is 82.6 Å². The van der Waals surface area contributed by atoms with Crippen LogP contribution in [0.2, 0.25) is 0 Å². The highest BCUT2D eigenvalue weighted by Gasteiger charge is 2.01. The lowest BCUT2D eigenvalue weighted by Gasteiger charge is -1.88. The fraction of sp³-hybridized carbons (Fsp3) is 0.125. The van der Waals surface area contributed by atoms with Gasteiger partial charge in [-0.3, -0.25) is 0 Å². The van der Waals surface area contributed by atoms with Gasteiger partial charge < -0.3 is 0 Å². The molecule has 0 saturated heterocycles. The van der Waals surface area contributed by atoms with Gasteiger partial charge in [-0.05, 0) is 41.6 Å². The van der Waals surface area contributed by atoms with Crippen LogP contribution in [0.15, 0.2) is 18.2 Å². The molecule has 0 radical (unpaired) electrons. The molecule has 0 aliphatic carbocycles. The second-order valence-electron chi connectivity index (χ2n) is 2.32. The number of aromatic nitrogens is 1. The Morgan fingerprint density at radius 3 is 3.00 bits per heavy atom. The molecule has 1 aromatic heterocycles. The second-order valence-corrected chi connectivity index (χ2v) is 4.69. The Kier molecular flexibility index (Phi) is 1.85. The third-order valence-corrected chi connectivity index (χ3v) is 3.76. The summed E-state index contributed by atoms with van der Waals surface area (Å²) in [6, 6.07) is 6.21. The number of nitrogens with zero attached hydrogens (tertiary/aromatic N) is 1. The zero-order valence-corrected chi connectivity index (χ0v) is 8.94. The van der Waals surface area contributed by atoms with Crippen molar-refractivity contribution in [3.63, 3.8) is 0 Å². The van der Waals surface area contributed by atoms with E-state index in [2.05, 4.69) is 39.7 Å². The summed E-state index contributed by atoms with van der Waals surface area (Å²) in [5.41, 5.74) is 1.12. The first-order chi connectivity index (χ1) is 5.27. The van der Waals surface area contributed by atoms with E-state index in [1.165, 1.54) is 8.27 Å². The summed E-state index contributed by atoms with van der Waals surface area (Å²) in [5.74, 6) is 0. The van der Waals surface area contributed by atoms with E-state index in [0.717, 1.165) is 10.5 Å². The molecular weight excluding hydrogens is 269 g/mol. The van der Waals surface area contributed by atoms with E-state index in [4.69, 9.17) is 0 Å². The van der Waals surface area contributed by atoms with Gasteiger partial charge in [0.1, 0.15) is 0 Å². The monoisotopic (exact) mass is 275 g/mol. The fourth-order valence-corrected chi connectivity index (χ4v) is 2.66. The second kappa shape index (κ2) is 2.71. The first-order valence-electron chi connectivity index (χ1n) is 3.29. The smallest absolute Gasteiger partial charge is 0.0908 e. The van der Waals surface area contributed by atoms with Crippen molar-refractivity contribution in [1.82, 2.24) is 4.98 Å². The van der Waals surface area contributed by atoms with Crippen LogP contribution in [0.1, 0.15) is 5.01 Å². The predicted octanol–water partition coefficient (Wildman–Crippen LogP) is 3.21. The summed E-state index contributed by atoms with van der Waals surface area (Å²) >= 11 is 4.10. The highest BCUT2D eigenvalue weighted by molar-refractivity contribution is 14.1. The third kappa shape index (κ3) is 1.27. The van der Waals surface area contributed by atoms with E-state index in [1.54, 1.807) is 11.3 Å². The average Bonchev–Trinajstić information content (AvgIpc) is 2.31. The van der Waals surface area contributed by atoms with E-state index in [1.807, 2.05) is 13.0 Å². The van der Waals surface area contributed by atoms with Crippen molar-refractivity contribution < 1.29 is 0 Å². The number of thiazole rings is 1. The van der Waals surface area contributed by atoms with Gasteiger partial charge in [0.15, 0.2) is 0 Å². The normalized spacial score (nSPS) is 10.7. The zero-order chi connectivity index (χ0) is 7.84. The van der Waals surface area contributed by atoms with Gasteiger partial charge >= 0.3 is 0 Å². The molecule has 11 heavy (non-hydrogen) atoms. The fourth-order valence-electron chi connectivity index (χ4n) is 1.03. The molecule has 0 saturated carbocycles. The van der Waals surface area contributed by atoms with Crippen molar-refractivity contribution >= 4 is 44.1 Å². The topological polar surface area (TPSA) is 12.9 Å². The largest absolute Gasteiger partial charge is 0.241 e. The van der Waals surface area contributed by atoms with E-state index < -0.39 is 0 Å². The van der Waals surface area contributed by atoms with Crippen molar-refractivity contribution in [1.29, 1.82) is 0 Å². The van der Waals surface area contributed by atoms with Gasteiger partial charge in [0.05, 0.1) is 15.2 Å². The molecule has 0 N–H and O–H groups in total. The Morgan fingerprint density at radius 1 is 1.45 bits per heavy atom. The SMILES string of the molecule is Cc1nc2cccc(I)c2s1. The van der Waals surface area contributed by atoms with Gasteiger partial charge in [0.25, 0.3) is 0 Å². The van der Waals surface area contributed by atoms with Crippen molar-refractivity contribution in [2.75, 3.05) is 0 Å². The Bertz CT molecular complexity index is 394. The van der Waals surface area contributed by atoms with Crippen LogP contribution in [0.25, 0.3) is 10.2 Å². The molecule has 2 rings (SSSR count). The Morgan fingerprint density at radius 2 is 2.27 bits per heavy atom. The molecule has 0 aliphatic rings. The molecule has 0 amide bonds. The van der Waals surface area contributed by atoms with Gasteiger partial charge in [-0.1, -0.05) is 6.07 Å². The number of hydrogen-bond donors (Lipinski definition) is 0.